The molecule has 3 heteroatoms. The lowest BCUT2D eigenvalue weighted by molar-refractivity contribution is 0.0658. The third-order valence-electron chi connectivity index (χ3n) is 3.85. The number of para-hydroxylation sites is 1. The summed E-state index contributed by atoms with van der Waals surface area (Å²) in [6, 6.07) is 10.9. The average molecular weight is 287 g/mol. The molecule has 2 nitrogen and oxygen atoms in total. The van der Waals surface area contributed by atoms with Crippen LogP contribution >= 0.6 is 11.3 Å². The molecule has 1 aliphatic rings. The van der Waals surface area contributed by atoms with E-state index in [2.05, 4.69) is 55.7 Å². The highest BCUT2D eigenvalue weighted by Crippen LogP contribution is 2.39. The van der Waals surface area contributed by atoms with E-state index >= 15 is 0 Å². The molecular formula is C17H21NOS. The second-order valence-electron chi connectivity index (χ2n) is 6.06. The van der Waals surface area contributed by atoms with Gasteiger partial charge in [0.1, 0.15) is 11.4 Å². The summed E-state index contributed by atoms with van der Waals surface area (Å²) < 4.78 is 6.07. The number of thiophene rings is 1. The minimum Gasteiger partial charge on any atom is -0.487 e. The predicted octanol–water partition coefficient (Wildman–Crippen LogP) is 4.45. The van der Waals surface area contributed by atoms with Gasteiger partial charge in [-0.1, -0.05) is 18.2 Å². The second-order valence-corrected chi connectivity index (χ2v) is 7.06. The van der Waals surface area contributed by atoms with Crippen LogP contribution in [0, 0.1) is 6.92 Å². The van der Waals surface area contributed by atoms with E-state index in [1.165, 1.54) is 16.0 Å². The van der Waals surface area contributed by atoms with E-state index in [0.29, 0.717) is 6.04 Å². The van der Waals surface area contributed by atoms with Crippen LogP contribution in [0.5, 0.6) is 5.75 Å². The first-order valence-electron chi connectivity index (χ1n) is 7.09. The van der Waals surface area contributed by atoms with Crippen LogP contribution in [-0.2, 0) is 6.54 Å². The number of aryl methyl sites for hydroxylation is 1. The van der Waals surface area contributed by atoms with Crippen molar-refractivity contribution < 1.29 is 4.74 Å². The Labute approximate surface area is 124 Å². The van der Waals surface area contributed by atoms with Crippen molar-refractivity contribution in [2.45, 2.75) is 45.4 Å². The number of ether oxygens (including phenoxy) is 1. The summed E-state index contributed by atoms with van der Waals surface area (Å²) in [4.78, 5) is 1.42. The van der Waals surface area contributed by atoms with E-state index in [1.54, 1.807) is 0 Å². The Hall–Kier alpha value is -1.32. The van der Waals surface area contributed by atoms with Gasteiger partial charge in [0.15, 0.2) is 0 Å². The molecule has 1 aromatic carbocycles. The molecule has 1 unspecified atom stereocenters. The Morgan fingerprint density at radius 1 is 1.30 bits per heavy atom. The molecule has 0 fully saturated rings. The highest BCUT2D eigenvalue weighted by Gasteiger charge is 2.33. The maximum absolute atomic E-state index is 6.07. The largest absolute Gasteiger partial charge is 0.487 e. The lowest BCUT2D eigenvalue weighted by Crippen LogP contribution is -2.39. The number of nitrogens with one attached hydrogen (secondary N) is 1. The highest BCUT2D eigenvalue weighted by molar-refractivity contribution is 7.10. The van der Waals surface area contributed by atoms with Gasteiger partial charge in [0.05, 0.1) is 0 Å². The summed E-state index contributed by atoms with van der Waals surface area (Å²) in [5.74, 6) is 1.02. The summed E-state index contributed by atoms with van der Waals surface area (Å²) in [6.07, 6.45) is 0.994. The fourth-order valence-corrected chi connectivity index (χ4v) is 3.64. The molecule has 106 valence electrons. The first-order chi connectivity index (χ1) is 9.55. The molecule has 0 bridgehead atoms. The number of benzene rings is 1. The molecule has 1 N–H and O–H groups in total. The average Bonchev–Trinajstić information content (AvgIpc) is 2.80. The summed E-state index contributed by atoms with van der Waals surface area (Å²) in [5.41, 5.74) is 2.54. The van der Waals surface area contributed by atoms with Gasteiger partial charge in [-0.05, 0) is 43.8 Å². The Kier molecular flexibility index (Phi) is 3.57. The van der Waals surface area contributed by atoms with Gasteiger partial charge in [0.25, 0.3) is 0 Å². The van der Waals surface area contributed by atoms with Crippen molar-refractivity contribution >= 4 is 11.3 Å². The van der Waals surface area contributed by atoms with E-state index in [-0.39, 0.29) is 5.60 Å². The van der Waals surface area contributed by atoms with E-state index < -0.39 is 0 Å². The van der Waals surface area contributed by atoms with Gasteiger partial charge in [0.2, 0.25) is 0 Å². The van der Waals surface area contributed by atoms with Crippen LogP contribution in [-0.4, -0.2) is 5.60 Å². The van der Waals surface area contributed by atoms with Crippen molar-refractivity contribution in [3.63, 3.8) is 0 Å². The Morgan fingerprint density at radius 3 is 2.85 bits per heavy atom. The zero-order valence-corrected chi connectivity index (χ0v) is 13.1. The zero-order chi connectivity index (χ0) is 14.2. The van der Waals surface area contributed by atoms with Crippen LogP contribution in [0.3, 0.4) is 0 Å². The normalized spacial score (nSPS) is 20.2. The molecule has 0 saturated carbocycles. The molecule has 3 rings (SSSR count). The van der Waals surface area contributed by atoms with Crippen molar-refractivity contribution in [1.29, 1.82) is 0 Å². The van der Waals surface area contributed by atoms with E-state index in [0.717, 1.165) is 18.7 Å². The van der Waals surface area contributed by atoms with Gasteiger partial charge in [-0.15, -0.1) is 11.3 Å². The van der Waals surface area contributed by atoms with Crippen LogP contribution < -0.4 is 10.1 Å². The predicted molar refractivity (Wildman–Crippen MR) is 84.4 cm³/mol. The Balaban J connectivity index is 1.80. The SMILES string of the molecule is Cc1ccsc1CNC1CC(C)(C)Oc2ccccc21. The molecule has 0 radical (unpaired) electrons. The van der Waals surface area contributed by atoms with Crippen LogP contribution in [0.4, 0.5) is 0 Å². The monoisotopic (exact) mass is 287 g/mol. The maximum Gasteiger partial charge on any atom is 0.124 e. The topological polar surface area (TPSA) is 21.3 Å². The third kappa shape index (κ3) is 2.74. The van der Waals surface area contributed by atoms with Crippen molar-refractivity contribution in [3.8, 4) is 5.75 Å². The molecule has 0 amide bonds. The highest BCUT2D eigenvalue weighted by atomic mass is 32.1. The number of hydrogen-bond donors (Lipinski definition) is 1. The summed E-state index contributed by atoms with van der Waals surface area (Å²) in [5, 5.41) is 5.87. The minimum absolute atomic E-state index is 0.115. The molecule has 1 atom stereocenters. The first-order valence-corrected chi connectivity index (χ1v) is 7.97. The van der Waals surface area contributed by atoms with Crippen LogP contribution in [0.1, 0.15) is 42.3 Å². The molecule has 20 heavy (non-hydrogen) atoms. The number of fused-ring (bicyclic) bond motifs is 1. The maximum atomic E-state index is 6.07. The summed E-state index contributed by atoms with van der Waals surface area (Å²) in [7, 11) is 0. The molecule has 1 aliphatic heterocycles. The molecule has 1 aromatic heterocycles. The van der Waals surface area contributed by atoms with E-state index in [4.69, 9.17) is 4.74 Å². The van der Waals surface area contributed by atoms with Crippen molar-refractivity contribution in [2.75, 3.05) is 0 Å². The van der Waals surface area contributed by atoms with Gasteiger partial charge in [-0.3, -0.25) is 0 Å². The molecular weight excluding hydrogens is 266 g/mol. The van der Waals surface area contributed by atoms with Crippen LogP contribution in [0.25, 0.3) is 0 Å². The van der Waals surface area contributed by atoms with Crippen molar-refractivity contribution in [2.24, 2.45) is 0 Å². The smallest absolute Gasteiger partial charge is 0.124 e. The van der Waals surface area contributed by atoms with Crippen molar-refractivity contribution in [1.82, 2.24) is 5.32 Å². The van der Waals surface area contributed by atoms with Gasteiger partial charge in [-0.2, -0.15) is 0 Å². The van der Waals surface area contributed by atoms with Crippen LogP contribution in [0.2, 0.25) is 0 Å². The lowest BCUT2D eigenvalue weighted by Gasteiger charge is -2.38. The molecule has 0 saturated heterocycles. The Morgan fingerprint density at radius 2 is 2.10 bits per heavy atom. The molecule has 2 heterocycles. The summed E-state index contributed by atoms with van der Waals surface area (Å²) >= 11 is 1.83. The number of rotatable bonds is 3. The van der Waals surface area contributed by atoms with Gasteiger partial charge in [-0.25, -0.2) is 0 Å². The summed E-state index contributed by atoms with van der Waals surface area (Å²) in [6.45, 7) is 7.43. The van der Waals surface area contributed by atoms with Gasteiger partial charge < -0.3 is 10.1 Å². The third-order valence-corrected chi connectivity index (χ3v) is 4.88. The lowest BCUT2D eigenvalue weighted by atomic mass is 9.89. The first kappa shape index (κ1) is 13.7. The van der Waals surface area contributed by atoms with Gasteiger partial charge in [0, 0.05) is 29.4 Å². The number of hydrogen-bond acceptors (Lipinski definition) is 3. The van der Waals surface area contributed by atoms with Crippen LogP contribution in [0.15, 0.2) is 35.7 Å². The molecule has 2 aromatic rings. The van der Waals surface area contributed by atoms with Gasteiger partial charge >= 0.3 is 0 Å². The zero-order valence-electron chi connectivity index (χ0n) is 12.3. The molecule has 0 spiro atoms. The van der Waals surface area contributed by atoms with E-state index in [1.807, 2.05) is 17.4 Å². The fourth-order valence-electron chi connectivity index (χ4n) is 2.79. The fraction of sp³-hybridized carbons (Fsp3) is 0.412. The second kappa shape index (κ2) is 5.23. The standard InChI is InChI=1S/C17H21NOS/c1-12-8-9-20-16(12)11-18-14-10-17(2,3)19-15-7-5-4-6-13(14)15/h4-9,14,18H,10-11H2,1-3H3. The Bertz CT molecular complexity index is 603. The minimum atomic E-state index is -0.115. The van der Waals surface area contributed by atoms with Crippen molar-refractivity contribution in [3.05, 3.63) is 51.7 Å². The molecule has 0 aliphatic carbocycles. The quantitative estimate of drug-likeness (QED) is 0.900. The van der Waals surface area contributed by atoms with E-state index in [9.17, 15) is 0 Å².